The van der Waals surface area contributed by atoms with Crippen molar-refractivity contribution in [1.82, 2.24) is 4.90 Å². The van der Waals surface area contributed by atoms with Gasteiger partial charge in [-0.3, -0.25) is 4.79 Å². The van der Waals surface area contributed by atoms with Gasteiger partial charge in [0, 0.05) is 12.6 Å². The fraction of sp³-hybridized carbons (Fsp3) is 0.917. The van der Waals surface area contributed by atoms with Gasteiger partial charge in [-0.15, -0.1) is 0 Å². The number of halogens is 3. The van der Waals surface area contributed by atoms with Crippen molar-refractivity contribution >= 4 is 5.91 Å². The van der Waals surface area contributed by atoms with E-state index >= 15 is 0 Å². The molecule has 5 heteroatoms. The molecule has 1 heterocycles. The van der Waals surface area contributed by atoms with Gasteiger partial charge >= 0.3 is 12.1 Å². The van der Waals surface area contributed by atoms with Crippen LogP contribution in [0.15, 0.2) is 0 Å². The van der Waals surface area contributed by atoms with Crippen LogP contribution in [0, 0.1) is 5.92 Å². The number of hydrogen-bond acceptors (Lipinski definition) is 1. The van der Waals surface area contributed by atoms with E-state index in [9.17, 15) is 18.0 Å². The Kier molecular flexibility index (Phi) is 3.64. The largest absolute Gasteiger partial charge is 0.471 e. The molecule has 1 aliphatic carbocycles. The lowest BCUT2D eigenvalue weighted by molar-refractivity contribution is -0.189. The highest BCUT2D eigenvalue weighted by molar-refractivity contribution is 5.82. The molecule has 2 aliphatic rings. The second kappa shape index (κ2) is 4.86. The molecule has 1 saturated carbocycles. The molecule has 0 spiro atoms. The van der Waals surface area contributed by atoms with Crippen LogP contribution in [0.3, 0.4) is 0 Å². The molecule has 0 aromatic heterocycles. The highest BCUT2D eigenvalue weighted by Gasteiger charge is 2.46. The summed E-state index contributed by atoms with van der Waals surface area (Å²) >= 11 is 0. The van der Waals surface area contributed by atoms with E-state index in [1.807, 2.05) is 0 Å². The average Bonchev–Trinajstić information content (AvgIpc) is 2.48. The number of likely N-dealkylation sites (tertiary alicyclic amines) is 1. The monoisotopic (exact) mass is 249 g/mol. The highest BCUT2D eigenvalue weighted by atomic mass is 19.4. The zero-order valence-electron chi connectivity index (χ0n) is 9.80. The summed E-state index contributed by atoms with van der Waals surface area (Å²) in [5.41, 5.74) is 0. The molecular weight excluding hydrogens is 231 g/mol. The summed E-state index contributed by atoms with van der Waals surface area (Å²) < 4.78 is 37.6. The Hall–Kier alpha value is -0.740. The zero-order chi connectivity index (χ0) is 12.5. The lowest BCUT2D eigenvalue weighted by Crippen LogP contribution is -2.50. The van der Waals surface area contributed by atoms with Crippen LogP contribution in [-0.2, 0) is 4.79 Å². The highest BCUT2D eigenvalue weighted by Crippen LogP contribution is 2.36. The molecule has 1 aliphatic heterocycles. The van der Waals surface area contributed by atoms with Crippen LogP contribution in [0.4, 0.5) is 13.2 Å². The van der Waals surface area contributed by atoms with Gasteiger partial charge in [0.15, 0.2) is 0 Å². The fourth-order valence-corrected chi connectivity index (χ4v) is 3.20. The Labute approximate surface area is 99.2 Å². The van der Waals surface area contributed by atoms with Gasteiger partial charge in [-0.25, -0.2) is 0 Å². The number of carbonyl (C=O) groups is 1. The Morgan fingerprint density at radius 3 is 2.24 bits per heavy atom. The number of carbonyl (C=O) groups excluding carboxylic acids is 1. The molecule has 0 unspecified atom stereocenters. The molecule has 98 valence electrons. The third kappa shape index (κ3) is 2.75. The van der Waals surface area contributed by atoms with Crippen molar-refractivity contribution in [2.75, 3.05) is 6.54 Å². The number of fused-ring (bicyclic) bond motifs is 1. The van der Waals surface area contributed by atoms with Crippen LogP contribution in [-0.4, -0.2) is 29.6 Å². The van der Waals surface area contributed by atoms with Crippen LogP contribution < -0.4 is 0 Å². The van der Waals surface area contributed by atoms with E-state index in [4.69, 9.17) is 0 Å². The number of amides is 1. The lowest BCUT2D eigenvalue weighted by atomic mass is 9.81. The number of alkyl halides is 3. The van der Waals surface area contributed by atoms with Crippen LogP contribution >= 0.6 is 0 Å². The van der Waals surface area contributed by atoms with E-state index in [2.05, 4.69) is 0 Å². The van der Waals surface area contributed by atoms with Gasteiger partial charge in [0.2, 0.25) is 0 Å². The Morgan fingerprint density at radius 1 is 1.00 bits per heavy atom. The average molecular weight is 249 g/mol. The van der Waals surface area contributed by atoms with E-state index in [1.165, 1.54) is 0 Å². The maximum Gasteiger partial charge on any atom is 0.471 e. The quantitative estimate of drug-likeness (QED) is 0.646. The molecule has 17 heavy (non-hydrogen) atoms. The third-order valence-electron chi connectivity index (χ3n) is 4.00. The molecule has 0 aromatic carbocycles. The van der Waals surface area contributed by atoms with E-state index in [0.717, 1.165) is 43.4 Å². The Balaban J connectivity index is 2.15. The Bertz CT molecular complexity index is 290. The van der Waals surface area contributed by atoms with Crippen molar-refractivity contribution in [1.29, 1.82) is 0 Å². The Morgan fingerprint density at radius 2 is 1.59 bits per heavy atom. The maximum atomic E-state index is 12.5. The van der Waals surface area contributed by atoms with Gasteiger partial charge in [-0.05, 0) is 31.6 Å². The predicted octanol–water partition coefficient (Wildman–Crippen LogP) is 3.12. The van der Waals surface area contributed by atoms with Crippen LogP contribution in [0.5, 0.6) is 0 Å². The molecule has 2 atom stereocenters. The molecular formula is C12H18F3NO. The van der Waals surface area contributed by atoms with E-state index in [1.54, 1.807) is 0 Å². The molecule has 2 nitrogen and oxygen atoms in total. The summed E-state index contributed by atoms with van der Waals surface area (Å²) in [6.45, 7) is 0.277. The van der Waals surface area contributed by atoms with Crippen molar-refractivity contribution in [3.05, 3.63) is 0 Å². The lowest BCUT2D eigenvalue weighted by Gasteiger charge is -2.38. The van der Waals surface area contributed by atoms with Crippen LogP contribution in [0.1, 0.15) is 44.9 Å². The van der Waals surface area contributed by atoms with Gasteiger partial charge in [0.05, 0.1) is 0 Å². The first-order chi connectivity index (χ1) is 8.00. The molecule has 2 fully saturated rings. The first kappa shape index (κ1) is 12.7. The minimum absolute atomic E-state index is 0.166. The van der Waals surface area contributed by atoms with Gasteiger partial charge < -0.3 is 4.90 Å². The zero-order valence-corrected chi connectivity index (χ0v) is 9.80. The van der Waals surface area contributed by atoms with Crippen molar-refractivity contribution in [2.45, 2.75) is 57.2 Å². The summed E-state index contributed by atoms with van der Waals surface area (Å²) in [5, 5.41) is 0. The first-order valence-electron chi connectivity index (χ1n) is 6.38. The predicted molar refractivity (Wildman–Crippen MR) is 57.4 cm³/mol. The maximum absolute atomic E-state index is 12.5. The number of rotatable bonds is 0. The normalized spacial score (nSPS) is 30.6. The standard InChI is InChI=1S/C12H18F3NO/c13-12(14,15)11(17)16-8-4-3-6-9-5-1-2-7-10(9)16/h9-10H,1-8H2/t9-,10-/m1/s1. The van der Waals surface area contributed by atoms with E-state index < -0.39 is 12.1 Å². The first-order valence-corrected chi connectivity index (χ1v) is 6.38. The van der Waals surface area contributed by atoms with Gasteiger partial charge in [-0.1, -0.05) is 19.3 Å². The summed E-state index contributed by atoms with van der Waals surface area (Å²) in [5.74, 6) is -1.34. The molecule has 0 N–H and O–H groups in total. The van der Waals surface area contributed by atoms with Crippen molar-refractivity contribution < 1.29 is 18.0 Å². The van der Waals surface area contributed by atoms with Crippen LogP contribution in [0.2, 0.25) is 0 Å². The summed E-state index contributed by atoms with van der Waals surface area (Å²) in [6, 6.07) is -0.166. The summed E-state index contributed by atoms with van der Waals surface area (Å²) in [6.07, 6.45) is 1.67. The molecule has 0 bridgehead atoms. The van der Waals surface area contributed by atoms with Crippen molar-refractivity contribution in [3.63, 3.8) is 0 Å². The second-order valence-corrected chi connectivity index (χ2v) is 5.10. The van der Waals surface area contributed by atoms with E-state index in [-0.39, 0.29) is 18.5 Å². The minimum Gasteiger partial charge on any atom is -0.332 e. The van der Waals surface area contributed by atoms with Crippen molar-refractivity contribution in [2.24, 2.45) is 5.92 Å². The topological polar surface area (TPSA) is 20.3 Å². The molecule has 2 rings (SSSR count). The summed E-state index contributed by atoms with van der Waals surface area (Å²) in [4.78, 5) is 12.5. The third-order valence-corrected chi connectivity index (χ3v) is 4.00. The molecule has 1 amide bonds. The second-order valence-electron chi connectivity index (χ2n) is 5.10. The molecule has 1 saturated heterocycles. The number of nitrogens with zero attached hydrogens (tertiary/aromatic N) is 1. The SMILES string of the molecule is O=C(N1CCCC[C@H]2CCCC[C@H]21)C(F)(F)F. The van der Waals surface area contributed by atoms with Gasteiger partial charge in [0.1, 0.15) is 0 Å². The van der Waals surface area contributed by atoms with E-state index in [0.29, 0.717) is 6.42 Å². The fourth-order valence-electron chi connectivity index (χ4n) is 3.20. The molecule has 0 radical (unpaired) electrons. The molecule has 0 aromatic rings. The minimum atomic E-state index is -4.72. The van der Waals surface area contributed by atoms with Crippen LogP contribution in [0.25, 0.3) is 0 Å². The smallest absolute Gasteiger partial charge is 0.332 e. The van der Waals surface area contributed by atoms with Gasteiger partial charge in [-0.2, -0.15) is 13.2 Å². The van der Waals surface area contributed by atoms with Gasteiger partial charge in [0.25, 0.3) is 0 Å². The number of hydrogen-bond donors (Lipinski definition) is 0. The van der Waals surface area contributed by atoms with Crippen molar-refractivity contribution in [3.8, 4) is 0 Å². The summed E-state index contributed by atoms with van der Waals surface area (Å²) in [7, 11) is 0.